The van der Waals surface area contributed by atoms with Gasteiger partial charge in [0.05, 0.1) is 19.1 Å². The monoisotopic (exact) mass is 579 g/mol. The van der Waals surface area contributed by atoms with E-state index in [-0.39, 0.29) is 18.9 Å². The van der Waals surface area contributed by atoms with Crippen LogP contribution in [0.5, 0.6) is 5.75 Å². The van der Waals surface area contributed by atoms with Gasteiger partial charge in [0.25, 0.3) is 0 Å². The summed E-state index contributed by atoms with van der Waals surface area (Å²) in [6.07, 6.45) is 3.09. The Morgan fingerprint density at radius 3 is 2.17 bits per heavy atom. The van der Waals surface area contributed by atoms with Crippen LogP contribution in [0.1, 0.15) is 42.0 Å². The third-order valence-electron chi connectivity index (χ3n) is 6.96. The first-order chi connectivity index (χ1) is 19.5. The molecular formula is C32H41N3O5S. The van der Waals surface area contributed by atoms with E-state index in [0.717, 1.165) is 45.7 Å². The zero-order chi connectivity index (χ0) is 30.0. The molecule has 0 aliphatic rings. The summed E-state index contributed by atoms with van der Waals surface area (Å²) in [7, 11) is -2.27. The molecule has 0 fully saturated rings. The van der Waals surface area contributed by atoms with E-state index in [2.05, 4.69) is 5.32 Å². The molecule has 3 aromatic rings. The number of unbranched alkanes of at least 4 members (excludes halogenated alkanes) is 1. The fraction of sp³-hybridized carbons (Fsp3) is 0.375. The Bertz CT molecular complexity index is 1410. The van der Waals surface area contributed by atoms with Crippen LogP contribution in [0.3, 0.4) is 0 Å². The highest BCUT2D eigenvalue weighted by atomic mass is 32.2. The van der Waals surface area contributed by atoms with Crippen LogP contribution < -0.4 is 14.4 Å². The summed E-state index contributed by atoms with van der Waals surface area (Å²) in [5.74, 6) is -0.140. The maximum atomic E-state index is 14.2. The number of amides is 2. The molecule has 0 radical (unpaired) electrons. The van der Waals surface area contributed by atoms with Crippen molar-refractivity contribution in [1.29, 1.82) is 0 Å². The van der Waals surface area contributed by atoms with E-state index in [1.54, 1.807) is 13.2 Å². The maximum Gasteiger partial charge on any atom is 0.244 e. The van der Waals surface area contributed by atoms with Crippen LogP contribution in [-0.4, -0.2) is 57.6 Å². The highest BCUT2D eigenvalue weighted by Gasteiger charge is 2.33. The Labute approximate surface area is 244 Å². The Morgan fingerprint density at radius 2 is 1.56 bits per heavy atom. The quantitative estimate of drug-likeness (QED) is 0.281. The zero-order valence-corrected chi connectivity index (χ0v) is 25.4. The third-order valence-corrected chi connectivity index (χ3v) is 8.07. The molecule has 0 saturated carbocycles. The van der Waals surface area contributed by atoms with Gasteiger partial charge in [-0.05, 0) is 54.7 Å². The predicted octanol–water partition coefficient (Wildman–Crippen LogP) is 4.63. The summed E-state index contributed by atoms with van der Waals surface area (Å²) in [5, 5.41) is 2.99. The van der Waals surface area contributed by atoms with Crippen molar-refractivity contribution in [3.63, 3.8) is 0 Å². The van der Waals surface area contributed by atoms with E-state index >= 15 is 0 Å². The van der Waals surface area contributed by atoms with E-state index in [4.69, 9.17) is 4.74 Å². The van der Waals surface area contributed by atoms with Crippen LogP contribution in [0.2, 0.25) is 0 Å². The second kappa shape index (κ2) is 14.7. The first kappa shape index (κ1) is 31.7. The first-order valence-corrected chi connectivity index (χ1v) is 15.7. The second-order valence-electron chi connectivity index (χ2n) is 10.2. The smallest absolute Gasteiger partial charge is 0.244 e. The first-order valence-electron chi connectivity index (χ1n) is 13.8. The van der Waals surface area contributed by atoms with Crippen LogP contribution in [0.15, 0.2) is 72.8 Å². The molecule has 220 valence electrons. The van der Waals surface area contributed by atoms with Gasteiger partial charge in [0.2, 0.25) is 21.8 Å². The Kier molecular flexibility index (Phi) is 11.3. The number of aryl methyl sites for hydroxylation is 2. The van der Waals surface area contributed by atoms with Gasteiger partial charge in [0.15, 0.2) is 0 Å². The van der Waals surface area contributed by atoms with Crippen LogP contribution >= 0.6 is 0 Å². The molecule has 0 saturated heterocycles. The number of hydrogen-bond acceptors (Lipinski definition) is 5. The summed E-state index contributed by atoms with van der Waals surface area (Å²) in [6, 6.07) is 21.4. The number of rotatable bonds is 14. The molecule has 3 aromatic carbocycles. The molecule has 1 atom stereocenters. The molecule has 2 amide bonds. The van der Waals surface area contributed by atoms with Crippen molar-refractivity contribution >= 4 is 27.5 Å². The fourth-order valence-electron chi connectivity index (χ4n) is 4.80. The minimum atomic E-state index is -3.83. The van der Waals surface area contributed by atoms with Crippen molar-refractivity contribution in [3.05, 3.63) is 95.1 Å². The van der Waals surface area contributed by atoms with Gasteiger partial charge in [-0.15, -0.1) is 0 Å². The lowest BCUT2D eigenvalue weighted by atomic mass is 10.0. The highest BCUT2D eigenvalue weighted by molar-refractivity contribution is 7.92. The number of nitrogens with one attached hydrogen (secondary N) is 1. The lowest BCUT2D eigenvalue weighted by Gasteiger charge is -2.34. The Hall–Kier alpha value is -3.85. The average Bonchev–Trinajstić information content (AvgIpc) is 2.94. The number of carbonyl (C=O) groups excluding carboxylic acids is 2. The fourth-order valence-corrected chi connectivity index (χ4v) is 5.77. The summed E-state index contributed by atoms with van der Waals surface area (Å²) in [4.78, 5) is 29.4. The van der Waals surface area contributed by atoms with E-state index in [9.17, 15) is 18.0 Å². The maximum absolute atomic E-state index is 14.2. The topological polar surface area (TPSA) is 96.0 Å². The van der Waals surface area contributed by atoms with Crippen molar-refractivity contribution < 1.29 is 22.7 Å². The predicted molar refractivity (Wildman–Crippen MR) is 164 cm³/mol. The van der Waals surface area contributed by atoms with Crippen molar-refractivity contribution in [2.24, 2.45) is 0 Å². The molecule has 9 heteroatoms. The van der Waals surface area contributed by atoms with Gasteiger partial charge in [0, 0.05) is 19.5 Å². The van der Waals surface area contributed by atoms with Gasteiger partial charge >= 0.3 is 0 Å². The van der Waals surface area contributed by atoms with E-state index in [1.165, 1.54) is 4.90 Å². The van der Waals surface area contributed by atoms with Crippen molar-refractivity contribution in [3.8, 4) is 5.75 Å². The Morgan fingerprint density at radius 1 is 0.927 bits per heavy atom. The highest BCUT2D eigenvalue weighted by Crippen LogP contribution is 2.27. The van der Waals surface area contributed by atoms with Crippen LogP contribution in [-0.2, 0) is 32.6 Å². The SMILES string of the molecule is CCCCNC(=O)[C@H](Cc1ccccc1)N(Cc1cccc(OC)c1)C(=O)CN(c1c(C)cccc1C)S(C)(=O)=O. The standard InChI is InChI=1S/C32H41N3O5S/c1-6-7-19-33-32(37)29(21-26-15-9-8-10-16-26)34(22-27-17-12-18-28(20-27)40-4)30(36)23-35(41(5,38)39)31-24(2)13-11-14-25(31)3/h8-18,20,29H,6-7,19,21-23H2,1-5H3,(H,33,37)/t29-/m0/s1. The molecule has 0 bridgehead atoms. The van der Waals surface area contributed by atoms with E-state index in [1.807, 2.05) is 87.5 Å². The molecular weight excluding hydrogens is 538 g/mol. The van der Waals surface area contributed by atoms with Gasteiger partial charge in [-0.2, -0.15) is 0 Å². The van der Waals surface area contributed by atoms with Gasteiger partial charge in [-0.1, -0.05) is 74.0 Å². The number of nitrogens with zero attached hydrogens (tertiary/aromatic N) is 2. The minimum Gasteiger partial charge on any atom is -0.497 e. The zero-order valence-electron chi connectivity index (χ0n) is 24.6. The Balaban J connectivity index is 2.08. The van der Waals surface area contributed by atoms with Crippen molar-refractivity contribution in [2.75, 3.05) is 30.8 Å². The summed E-state index contributed by atoms with van der Waals surface area (Å²) < 4.78 is 32.7. The number of anilines is 1. The average molecular weight is 580 g/mol. The van der Waals surface area contributed by atoms with E-state index < -0.39 is 28.5 Å². The molecule has 0 aromatic heterocycles. The van der Waals surface area contributed by atoms with Crippen molar-refractivity contribution in [1.82, 2.24) is 10.2 Å². The molecule has 0 unspecified atom stereocenters. The number of para-hydroxylation sites is 1. The molecule has 0 aliphatic carbocycles. The number of benzene rings is 3. The molecule has 41 heavy (non-hydrogen) atoms. The van der Waals surface area contributed by atoms with Crippen LogP contribution in [0.25, 0.3) is 0 Å². The molecule has 0 heterocycles. The van der Waals surface area contributed by atoms with Crippen LogP contribution in [0, 0.1) is 13.8 Å². The lowest BCUT2D eigenvalue weighted by Crippen LogP contribution is -2.53. The second-order valence-corrected chi connectivity index (χ2v) is 12.1. The summed E-state index contributed by atoms with van der Waals surface area (Å²) in [5.41, 5.74) is 3.59. The summed E-state index contributed by atoms with van der Waals surface area (Å²) in [6.45, 7) is 5.82. The normalized spacial score (nSPS) is 11.9. The number of ether oxygens (including phenoxy) is 1. The van der Waals surface area contributed by atoms with Gasteiger partial charge in [0.1, 0.15) is 18.3 Å². The summed E-state index contributed by atoms with van der Waals surface area (Å²) >= 11 is 0. The molecule has 0 spiro atoms. The lowest BCUT2D eigenvalue weighted by molar-refractivity contribution is -0.140. The van der Waals surface area contributed by atoms with Crippen molar-refractivity contribution in [2.45, 2.75) is 52.6 Å². The van der Waals surface area contributed by atoms with Gasteiger partial charge < -0.3 is 15.0 Å². The number of methoxy groups -OCH3 is 1. The largest absolute Gasteiger partial charge is 0.497 e. The molecule has 1 N–H and O–H groups in total. The minimum absolute atomic E-state index is 0.0963. The van der Waals surface area contributed by atoms with E-state index in [0.29, 0.717) is 18.0 Å². The molecule has 3 rings (SSSR count). The third kappa shape index (κ3) is 8.82. The van der Waals surface area contributed by atoms with Gasteiger partial charge in [-0.25, -0.2) is 8.42 Å². The number of hydrogen-bond donors (Lipinski definition) is 1. The van der Waals surface area contributed by atoms with Crippen LogP contribution in [0.4, 0.5) is 5.69 Å². The van der Waals surface area contributed by atoms with Gasteiger partial charge in [-0.3, -0.25) is 13.9 Å². The molecule has 0 aliphatic heterocycles. The molecule has 8 nitrogen and oxygen atoms in total. The number of sulfonamides is 1. The number of carbonyl (C=O) groups is 2.